The monoisotopic (exact) mass is 364 g/mol. The van der Waals surface area contributed by atoms with Gasteiger partial charge < -0.3 is 10.6 Å². The Hall–Kier alpha value is -0.480. The van der Waals surface area contributed by atoms with Crippen LogP contribution in [0.1, 0.15) is 38.7 Å². The number of rotatable bonds is 4. The lowest BCUT2D eigenvalue weighted by molar-refractivity contribution is -0.136. The number of benzene rings is 1. The quantitative estimate of drug-likeness (QED) is 0.875. The van der Waals surface area contributed by atoms with Gasteiger partial charge in [-0.25, -0.2) is 0 Å². The number of hydrogen-bond donors (Lipinski definition) is 1. The minimum absolute atomic E-state index is 0. The number of carbonyl (C=O) groups is 1. The topological polar surface area (TPSA) is 46.3 Å². The van der Waals surface area contributed by atoms with Crippen molar-refractivity contribution < 1.29 is 4.79 Å². The minimum Gasteiger partial charge on any atom is -0.340 e. The normalized spacial score (nSPS) is 18.2. The van der Waals surface area contributed by atoms with E-state index in [1.54, 1.807) is 6.07 Å². The van der Waals surface area contributed by atoms with Gasteiger partial charge in [0.1, 0.15) is 0 Å². The molecule has 1 atom stereocenters. The van der Waals surface area contributed by atoms with Gasteiger partial charge in [0.2, 0.25) is 5.91 Å². The first-order valence-electron chi connectivity index (χ1n) is 7.45. The van der Waals surface area contributed by atoms with Crippen LogP contribution in [0.4, 0.5) is 0 Å². The summed E-state index contributed by atoms with van der Waals surface area (Å²) in [6.45, 7) is 5.46. The summed E-state index contributed by atoms with van der Waals surface area (Å²) in [5.41, 5.74) is 6.33. The van der Waals surface area contributed by atoms with Crippen molar-refractivity contribution >= 4 is 41.5 Å². The van der Waals surface area contributed by atoms with Crippen molar-refractivity contribution in [2.45, 2.75) is 44.6 Å². The highest BCUT2D eigenvalue weighted by Crippen LogP contribution is 2.37. The number of halogens is 3. The first kappa shape index (κ1) is 19.6. The molecule has 1 aromatic rings. The minimum atomic E-state index is -0.543. The summed E-state index contributed by atoms with van der Waals surface area (Å²) in [6, 6.07) is 5.59. The summed E-state index contributed by atoms with van der Waals surface area (Å²) in [7, 11) is 0. The fourth-order valence-corrected chi connectivity index (χ4v) is 3.45. The van der Waals surface area contributed by atoms with E-state index in [1.807, 2.05) is 30.9 Å². The Morgan fingerprint density at radius 1 is 1.32 bits per heavy atom. The van der Waals surface area contributed by atoms with Crippen LogP contribution in [-0.4, -0.2) is 29.9 Å². The molecular weight excluding hydrogens is 343 g/mol. The van der Waals surface area contributed by atoms with Crippen LogP contribution in [0, 0.1) is 0 Å². The van der Waals surface area contributed by atoms with Gasteiger partial charge in [0, 0.05) is 19.1 Å². The molecule has 0 spiro atoms. The molecule has 22 heavy (non-hydrogen) atoms. The summed E-state index contributed by atoms with van der Waals surface area (Å²) >= 11 is 12.1. The van der Waals surface area contributed by atoms with Gasteiger partial charge in [-0.3, -0.25) is 4.79 Å². The molecule has 6 heteroatoms. The van der Waals surface area contributed by atoms with Crippen molar-refractivity contribution in [2.75, 3.05) is 13.1 Å². The number of amides is 1. The van der Waals surface area contributed by atoms with E-state index in [0.29, 0.717) is 16.6 Å². The average Bonchev–Trinajstić information content (AvgIpc) is 2.91. The molecule has 3 nitrogen and oxygen atoms in total. The van der Waals surface area contributed by atoms with Crippen LogP contribution in [0.2, 0.25) is 10.0 Å². The smallest absolute Gasteiger partial charge is 0.233 e. The van der Waals surface area contributed by atoms with E-state index in [4.69, 9.17) is 28.9 Å². The fraction of sp³-hybridized carbons (Fsp3) is 0.562. The summed E-state index contributed by atoms with van der Waals surface area (Å²) in [5.74, 6) is 0.152. The highest BCUT2D eigenvalue weighted by molar-refractivity contribution is 6.42. The third-order valence-electron chi connectivity index (χ3n) is 4.60. The first-order valence-corrected chi connectivity index (χ1v) is 8.20. The van der Waals surface area contributed by atoms with Gasteiger partial charge in [0.05, 0.1) is 15.5 Å². The molecule has 0 radical (unpaired) electrons. The van der Waals surface area contributed by atoms with Gasteiger partial charge in [0.25, 0.3) is 0 Å². The zero-order valence-corrected chi connectivity index (χ0v) is 15.3. The largest absolute Gasteiger partial charge is 0.340 e. The molecule has 1 aromatic carbocycles. The maximum Gasteiger partial charge on any atom is 0.233 e. The van der Waals surface area contributed by atoms with Crippen molar-refractivity contribution in [1.82, 2.24) is 4.90 Å². The number of likely N-dealkylation sites (tertiary alicyclic amines) is 1. The standard InChI is InChI=1S/C16H22Cl2N2O.ClH/c1-3-16(4-2,11-5-6-13(17)14(18)9-11)15(21)20-8-7-12(19)10-20;/h5-6,9,12H,3-4,7-8,10,19H2,1-2H3;1H/t12-;/m1./s1. The van der Waals surface area contributed by atoms with Crippen LogP contribution in [0.5, 0.6) is 0 Å². The lowest BCUT2D eigenvalue weighted by atomic mass is 9.74. The van der Waals surface area contributed by atoms with Gasteiger partial charge in [0.15, 0.2) is 0 Å². The van der Waals surface area contributed by atoms with Gasteiger partial charge in [-0.2, -0.15) is 0 Å². The van der Waals surface area contributed by atoms with E-state index < -0.39 is 5.41 Å². The van der Waals surface area contributed by atoms with E-state index in [-0.39, 0.29) is 24.4 Å². The molecule has 1 fully saturated rings. The molecule has 1 aliphatic heterocycles. The third-order valence-corrected chi connectivity index (χ3v) is 5.34. The van der Waals surface area contributed by atoms with Crippen LogP contribution < -0.4 is 5.73 Å². The van der Waals surface area contributed by atoms with Crippen molar-refractivity contribution in [1.29, 1.82) is 0 Å². The molecule has 0 saturated carbocycles. The maximum atomic E-state index is 13.1. The highest BCUT2D eigenvalue weighted by Gasteiger charge is 2.41. The zero-order valence-electron chi connectivity index (χ0n) is 12.9. The summed E-state index contributed by atoms with van der Waals surface area (Å²) in [4.78, 5) is 15.0. The number of carbonyl (C=O) groups excluding carboxylic acids is 1. The molecule has 2 rings (SSSR count). The SMILES string of the molecule is CCC(CC)(C(=O)N1CC[C@@H](N)C1)c1ccc(Cl)c(Cl)c1.Cl. The van der Waals surface area contributed by atoms with Gasteiger partial charge in [-0.05, 0) is 37.0 Å². The highest BCUT2D eigenvalue weighted by atomic mass is 35.5. The maximum absolute atomic E-state index is 13.1. The Bertz CT molecular complexity index is 532. The van der Waals surface area contributed by atoms with Crippen LogP contribution in [-0.2, 0) is 10.2 Å². The Balaban J connectivity index is 0.00000242. The molecule has 1 saturated heterocycles. The Labute approximate surface area is 148 Å². The van der Waals surface area contributed by atoms with Crippen LogP contribution in [0.15, 0.2) is 18.2 Å². The molecule has 1 aliphatic rings. The van der Waals surface area contributed by atoms with Crippen molar-refractivity contribution in [3.05, 3.63) is 33.8 Å². The molecule has 1 amide bonds. The second kappa shape index (κ2) is 7.87. The molecule has 0 bridgehead atoms. The summed E-state index contributed by atoms with van der Waals surface area (Å²) < 4.78 is 0. The van der Waals surface area contributed by atoms with Crippen molar-refractivity contribution in [3.63, 3.8) is 0 Å². The van der Waals surface area contributed by atoms with Crippen LogP contribution in [0.25, 0.3) is 0 Å². The zero-order chi connectivity index (χ0) is 15.6. The van der Waals surface area contributed by atoms with E-state index in [1.165, 1.54) is 0 Å². The molecule has 0 aromatic heterocycles. The number of hydrogen-bond acceptors (Lipinski definition) is 2. The molecule has 0 aliphatic carbocycles. The van der Waals surface area contributed by atoms with Crippen LogP contribution >= 0.6 is 35.6 Å². The Kier molecular flexibility index (Phi) is 7.00. The predicted molar refractivity (Wildman–Crippen MR) is 95.1 cm³/mol. The molecule has 1 heterocycles. The van der Waals surface area contributed by atoms with Crippen molar-refractivity contribution in [2.24, 2.45) is 5.73 Å². The van der Waals surface area contributed by atoms with Crippen LogP contribution in [0.3, 0.4) is 0 Å². The van der Waals surface area contributed by atoms with Gasteiger partial charge in [-0.1, -0.05) is 43.1 Å². The van der Waals surface area contributed by atoms with E-state index in [9.17, 15) is 4.79 Å². The Morgan fingerprint density at radius 3 is 2.41 bits per heavy atom. The number of nitrogens with two attached hydrogens (primary N) is 1. The second-order valence-electron chi connectivity index (χ2n) is 5.72. The number of nitrogens with zero attached hydrogens (tertiary/aromatic N) is 1. The summed E-state index contributed by atoms with van der Waals surface area (Å²) in [5, 5.41) is 1.00. The summed E-state index contributed by atoms with van der Waals surface area (Å²) in [6.07, 6.45) is 2.33. The molecular formula is C16H23Cl3N2O. The lowest BCUT2D eigenvalue weighted by Crippen LogP contribution is -2.46. The third kappa shape index (κ3) is 3.53. The van der Waals surface area contributed by atoms with E-state index in [0.717, 1.165) is 31.4 Å². The fourth-order valence-electron chi connectivity index (χ4n) is 3.15. The lowest BCUT2D eigenvalue weighted by Gasteiger charge is -2.35. The van der Waals surface area contributed by atoms with E-state index >= 15 is 0 Å². The first-order chi connectivity index (χ1) is 9.94. The predicted octanol–water partition coefficient (Wildman–Crippen LogP) is 4.03. The van der Waals surface area contributed by atoms with E-state index in [2.05, 4.69) is 0 Å². The molecule has 0 unspecified atom stereocenters. The molecule has 2 N–H and O–H groups in total. The Morgan fingerprint density at radius 2 is 1.95 bits per heavy atom. The van der Waals surface area contributed by atoms with Gasteiger partial charge >= 0.3 is 0 Å². The average molecular weight is 366 g/mol. The molecule has 124 valence electrons. The van der Waals surface area contributed by atoms with Crippen molar-refractivity contribution in [3.8, 4) is 0 Å². The van der Waals surface area contributed by atoms with Gasteiger partial charge in [-0.15, -0.1) is 12.4 Å². The second-order valence-corrected chi connectivity index (χ2v) is 6.53.